The molecule has 1 aromatic rings. The highest BCUT2D eigenvalue weighted by Gasteiger charge is 2.08. The lowest BCUT2D eigenvalue weighted by Crippen LogP contribution is -2.32. The highest BCUT2D eigenvalue weighted by atomic mass is 32.2. The van der Waals surface area contributed by atoms with Gasteiger partial charge in [-0.15, -0.1) is 11.8 Å². The van der Waals surface area contributed by atoms with E-state index in [1.165, 1.54) is 4.90 Å². The third-order valence-electron chi connectivity index (χ3n) is 2.32. The zero-order valence-electron chi connectivity index (χ0n) is 10.1. The fraction of sp³-hybridized carbons (Fsp3) is 0.462. The topological polar surface area (TPSA) is 40.5 Å². The Hall–Kier alpha value is -1.00. The Labute approximate surface area is 107 Å². The Bertz CT molecular complexity index is 329. The zero-order valence-corrected chi connectivity index (χ0v) is 10.9. The average molecular weight is 253 g/mol. The molecule has 0 heterocycles. The molecule has 0 aliphatic rings. The van der Waals surface area contributed by atoms with Gasteiger partial charge in [0, 0.05) is 17.2 Å². The third-order valence-corrected chi connectivity index (χ3v) is 3.31. The van der Waals surface area contributed by atoms with Crippen molar-refractivity contribution in [2.45, 2.75) is 18.2 Å². The van der Waals surface area contributed by atoms with Gasteiger partial charge in [0.2, 0.25) is 0 Å². The molecule has 0 saturated carbocycles. The van der Waals surface area contributed by atoms with Gasteiger partial charge in [0.05, 0.1) is 6.54 Å². The molecule has 1 aromatic carbocycles. The summed E-state index contributed by atoms with van der Waals surface area (Å²) < 4.78 is 0. The van der Waals surface area contributed by atoms with Crippen molar-refractivity contribution < 1.29 is 9.90 Å². The van der Waals surface area contributed by atoms with Crippen LogP contribution >= 0.6 is 11.8 Å². The van der Waals surface area contributed by atoms with Gasteiger partial charge in [0.25, 0.3) is 0 Å². The van der Waals surface area contributed by atoms with Gasteiger partial charge in [-0.1, -0.05) is 25.1 Å². The highest BCUT2D eigenvalue weighted by Crippen LogP contribution is 2.16. The standard InChI is InChI=1S/C13H19NO2S/c1-2-8-14(11-13(15)16)9-10-17-12-6-4-3-5-7-12/h3-7H,2,8-11H2,1H3,(H,15,16). The predicted octanol–water partition coefficient (Wildman–Crippen LogP) is 2.58. The van der Waals surface area contributed by atoms with Crippen LogP contribution in [0.2, 0.25) is 0 Å². The molecule has 1 N–H and O–H groups in total. The van der Waals surface area contributed by atoms with Crippen molar-refractivity contribution in [2.75, 3.05) is 25.4 Å². The predicted molar refractivity (Wildman–Crippen MR) is 71.5 cm³/mol. The maximum Gasteiger partial charge on any atom is 0.317 e. The second kappa shape index (κ2) is 8.14. The Morgan fingerprint density at radius 2 is 2.00 bits per heavy atom. The molecule has 0 unspecified atom stereocenters. The quantitative estimate of drug-likeness (QED) is 0.723. The molecular weight excluding hydrogens is 234 g/mol. The minimum atomic E-state index is -0.747. The van der Waals surface area contributed by atoms with E-state index in [0.29, 0.717) is 0 Å². The van der Waals surface area contributed by atoms with Crippen molar-refractivity contribution in [3.8, 4) is 0 Å². The first kappa shape index (κ1) is 14.1. The summed E-state index contributed by atoms with van der Waals surface area (Å²) in [4.78, 5) is 13.9. The molecular formula is C13H19NO2S. The van der Waals surface area contributed by atoms with Gasteiger partial charge in [-0.05, 0) is 25.1 Å². The number of carboxylic acid groups (broad SMARTS) is 1. The van der Waals surface area contributed by atoms with Gasteiger partial charge in [-0.25, -0.2) is 0 Å². The molecule has 0 spiro atoms. The van der Waals surface area contributed by atoms with Crippen molar-refractivity contribution in [1.82, 2.24) is 4.90 Å². The van der Waals surface area contributed by atoms with E-state index in [9.17, 15) is 4.79 Å². The van der Waals surface area contributed by atoms with Crippen LogP contribution in [0.5, 0.6) is 0 Å². The van der Waals surface area contributed by atoms with Crippen LogP contribution in [0.4, 0.5) is 0 Å². The maximum absolute atomic E-state index is 10.7. The minimum Gasteiger partial charge on any atom is -0.480 e. The van der Waals surface area contributed by atoms with E-state index in [2.05, 4.69) is 19.1 Å². The summed E-state index contributed by atoms with van der Waals surface area (Å²) >= 11 is 1.77. The molecule has 0 atom stereocenters. The molecule has 4 heteroatoms. The fourth-order valence-electron chi connectivity index (χ4n) is 1.59. The van der Waals surface area contributed by atoms with E-state index in [-0.39, 0.29) is 6.54 Å². The summed E-state index contributed by atoms with van der Waals surface area (Å²) in [5.74, 6) is 0.181. The normalized spacial score (nSPS) is 10.7. The first-order valence-electron chi connectivity index (χ1n) is 5.84. The summed E-state index contributed by atoms with van der Waals surface area (Å²) in [7, 11) is 0. The second-order valence-electron chi connectivity index (χ2n) is 3.83. The molecule has 17 heavy (non-hydrogen) atoms. The van der Waals surface area contributed by atoms with Crippen LogP contribution < -0.4 is 0 Å². The van der Waals surface area contributed by atoms with E-state index in [0.717, 1.165) is 25.3 Å². The van der Waals surface area contributed by atoms with Crippen LogP contribution in [0.1, 0.15) is 13.3 Å². The van der Waals surface area contributed by atoms with Crippen LogP contribution in [-0.2, 0) is 4.79 Å². The maximum atomic E-state index is 10.7. The van der Waals surface area contributed by atoms with E-state index >= 15 is 0 Å². The Morgan fingerprint density at radius 1 is 1.29 bits per heavy atom. The number of carboxylic acids is 1. The SMILES string of the molecule is CCCN(CCSc1ccccc1)CC(=O)O. The van der Waals surface area contributed by atoms with Gasteiger partial charge >= 0.3 is 5.97 Å². The Morgan fingerprint density at radius 3 is 2.59 bits per heavy atom. The van der Waals surface area contributed by atoms with Crippen molar-refractivity contribution in [3.63, 3.8) is 0 Å². The van der Waals surface area contributed by atoms with Crippen molar-refractivity contribution in [3.05, 3.63) is 30.3 Å². The second-order valence-corrected chi connectivity index (χ2v) is 5.00. The van der Waals surface area contributed by atoms with E-state index in [1.807, 2.05) is 23.1 Å². The van der Waals surface area contributed by atoms with Gasteiger partial charge < -0.3 is 5.11 Å². The van der Waals surface area contributed by atoms with Crippen LogP contribution in [-0.4, -0.2) is 41.4 Å². The number of nitrogens with zero attached hydrogens (tertiary/aromatic N) is 1. The summed E-state index contributed by atoms with van der Waals surface area (Å²) in [5.41, 5.74) is 0. The van der Waals surface area contributed by atoms with Crippen LogP contribution in [0.25, 0.3) is 0 Å². The van der Waals surface area contributed by atoms with Gasteiger partial charge in [-0.2, -0.15) is 0 Å². The first-order valence-corrected chi connectivity index (χ1v) is 6.83. The molecule has 0 radical (unpaired) electrons. The molecule has 0 aromatic heterocycles. The van der Waals surface area contributed by atoms with Gasteiger partial charge in [0.15, 0.2) is 0 Å². The molecule has 0 amide bonds. The number of hydrogen-bond donors (Lipinski definition) is 1. The van der Waals surface area contributed by atoms with Crippen molar-refractivity contribution >= 4 is 17.7 Å². The lowest BCUT2D eigenvalue weighted by atomic mass is 10.4. The molecule has 0 aliphatic carbocycles. The van der Waals surface area contributed by atoms with E-state index in [1.54, 1.807) is 11.8 Å². The average Bonchev–Trinajstić information content (AvgIpc) is 2.30. The minimum absolute atomic E-state index is 0.142. The van der Waals surface area contributed by atoms with Crippen molar-refractivity contribution in [1.29, 1.82) is 0 Å². The zero-order chi connectivity index (χ0) is 12.5. The van der Waals surface area contributed by atoms with Crippen molar-refractivity contribution in [2.24, 2.45) is 0 Å². The lowest BCUT2D eigenvalue weighted by Gasteiger charge is -2.18. The molecule has 0 saturated heterocycles. The monoisotopic (exact) mass is 253 g/mol. The molecule has 94 valence electrons. The smallest absolute Gasteiger partial charge is 0.317 e. The molecule has 0 fully saturated rings. The number of hydrogen-bond acceptors (Lipinski definition) is 3. The summed E-state index contributed by atoms with van der Waals surface area (Å²) in [5, 5.41) is 8.78. The first-order chi connectivity index (χ1) is 8.22. The number of thioether (sulfide) groups is 1. The summed E-state index contributed by atoms with van der Waals surface area (Å²) in [6.45, 7) is 3.88. The lowest BCUT2D eigenvalue weighted by molar-refractivity contribution is -0.138. The number of rotatable bonds is 8. The number of aliphatic carboxylic acids is 1. The van der Waals surface area contributed by atoms with Gasteiger partial charge in [-0.3, -0.25) is 9.69 Å². The largest absolute Gasteiger partial charge is 0.480 e. The highest BCUT2D eigenvalue weighted by molar-refractivity contribution is 7.99. The van der Waals surface area contributed by atoms with Crippen LogP contribution in [0, 0.1) is 0 Å². The molecule has 0 bridgehead atoms. The van der Waals surface area contributed by atoms with E-state index < -0.39 is 5.97 Å². The molecule has 3 nitrogen and oxygen atoms in total. The van der Waals surface area contributed by atoms with E-state index in [4.69, 9.17) is 5.11 Å². The fourth-order valence-corrected chi connectivity index (χ4v) is 2.52. The van der Waals surface area contributed by atoms with Crippen LogP contribution in [0.15, 0.2) is 35.2 Å². The molecule has 0 aliphatic heterocycles. The summed E-state index contributed by atoms with van der Waals surface area (Å²) in [6, 6.07) is 10.2. The number of carbonyl (C=O) groups is 1. The number of benzene rings is 1. The summed E-state index contributed by atoms with van der Waals surface area (Å²) in [6.07, 6.45) is 0.989. The van der Waals surface area contributed by atoms with Gasteiger partial charge in [0.1, 0.15) is 0 Å². The Kier molecular flexibility index (Phi) is 6.74. The molecule has 1 rings (SSSR count). The Balaban J connectivity index is 2.29. The third kappa shape index (κ3) is 6.34. The van der Waals surface area contributed by atoms with Crippen LogP contribution in [0.3, 0.4) is 0 Å².